The first kappa shape index (κ1) is 23.7. The standard InChI is InChI=1S/C25H22BrN3O4S/c1-3-31-18-9-5-15(6-10-18)24-28-20-14-17(8-12-22(20)33-24)27-25(34)29-23(30)16-7-11-21(32-4-2)19(26)13-16/h5-14H,3-4H2,1-2H3,(H2,27,29,30,34). The van der Waals surface area contributed by atoms with Crippen molar-refractivity contribution >= 4 is 56.0 Å². The fraction of sp³-hybridized carbons (Fsp3) is 0.160. The zero-order valence-electron chi connectivity index (χ0n) is 18.6. The van der Waals surface area contributed by atoms with Gasteiger partial charge in [-0.15, -0.1) is 0 Å². The van der Waals surface area contributed by atoms with Gasteiger partial charge in [0.15, 0.2) is 10.7 Å². The maximum atomic E-state index is 12.6. The molecule has 174 valence electrons. The van der Waals surface area contributed by atoms with Gasteiger partial charge in [0.05, 0.1) is 17.7 Å². The molecule has 0 saturated heterocycles. The number of hydrogen-bond donors (Lipinski definition) is 2. The van der Waals surface area contributed by atoms with Crippen molar-refractivity contribution in [3.8, 4) is 23.0 Å². The number of aromatic nitrogens is 1. The van der Waals surface area contributed by atoms with Crippen molar-refractivity contribution in [1.82, 2.24) is 10.3 Å². The van der Waals surface area contributed by atoms with Gasteiger partial charge >= 0.3 is 0 Å². The predicted octanol–water partition coefficient (Wildman–Crippen LogP) is 6.18. The fourth-order valence-electron chi connectivity index (χ4n) is 3.24. The topological polar surface area (TPSA) is 85.6 Å². The molecule has 0 spiro atoms. The Bertz CT molecular complexity index is 1340. The molecule has 0 saturated carbocycles. The number of thiocarbonyl (C=S) groups is 1. The highest BCUT2D eigenvalue weighted by molar-refractivity contribution is 9.10. The minimum atomic E-state index is -0.332. The Hall–Kier alpha value is -3.43. The van der Waals surface area contributed by atoms with Gasteiger partial charge in [-0.3, -0.25) is 10.1 Å². The summed E-state index contributed by atoms with van der Waals surface area (Å²) in [5.41, 5.74) is 3.28. The van der Waals surface area contributed by atoms with Crippen LogP contribution in [0, 0.1) is 0 Å². The van der Waals surface area contributed by atoms with Crippen LogP contribution in [0.1, 0.15) is 24.2 Å². The Morgan fingerprint density at radius 1 is 1.03 bits per heavy atom. The number of carbonyl (C=O) groups is 1. The van der Waals surface area contributed by atoms with Crippen LogP contribution >= 0.6 is 28.1 Å². The summed E-state index contributed by atoms with van der Waals surface area (Å²) in [4.78, 5) is 17.1. The highest BCUT2D eigenvalue weighted by Gasteiger charge is 2.13. The molecular formula is C25H22BrN3O4S. The smallest absolute Gasteiger partial charge is 0.257 e. The number of carbonyl (C=O) groups excluding carboxylic acids is 1. The van der Waals surface area contributed by atoms with Gasteiger partial charge < -0.3 is 19.2 Å². The molecule has 1 amide bonds. The first-order chi connectivity index (χ1) is 16.5. The van der Waals surface area contributed by atoms with Crippen molar-refractivity contribution in [3.05, 3.63) is 70.7 Å². The highest BCUT2D eigenvalue weighted by Crippen LogP contribution is 2.28. The van der Waals surface area contributed by atoms with Gasteiger partial charge in [0, 0.05) is 16.8 Å². The molecule has 0 bridgehead atoms. The van der Waals surface area contributed by atoms with E-state index in [9.17, 15) is 4.79 Å². The molecule has 0 radical (unpaired) electrons. The molecule has 0 aliphatic rings. The first-order valence-electron chi connectivity index (χ1n) is 10.6. The molecule has 1 heterocycles. The van der Waals surface area contributed by atoms with Crippen molar-refractivity contribution in [2.75, 3.05) is 18.5 Å². The average molecular weight is 540 g/mol. The highest BCUT2D eigenvalue weighted by atomic mass is 79.9. The third-order valence-corrected chi connectivity index (χ3v) is 5.60. The quantitative estimate of drug-likeness (QED) is 0.271. The number of fused-ring (bicyclic) bond motifs is 1. The number of nitrogens with one attached hydrogen (secondary N) is 2. The Morgan fingerprint density at radius 2 is 1.79 bits per heavy atom. The number of benzene rings is 3. The second-order valence-corrected chi connectivity index (χ2v) is 8.41. The molecule has 0 unspecified atom stereocenters. The van der Waals surface area contributed by atoms with Crippen LogP contribution in [0.4, 0.5) is 5.69 Å². The van der Waals surface area contributed by atoms with E-state index in [0.717, 1.165) is 11.3 Å². The van der Waals surface area contributed by atoms with E-state index in [4.69, 9.17) is 26.1 Å². The second kappa shape index (κ2) is 10.7. The lowest BCUT2D eigenvalue weighted by Gasteiger charge is -2.11. The van der Waals surface area contributed by atoms with E-state index in [1.54, 1.807) is 30.3 Å². The van der Waals surface area contributed by atoms with Crippen LogP contribution in [-0.4, -0.2) is 29.2 Å². The average Bonchev–Trinajstić information content (AvgIpc) is 3.24. The molecule has 9 heteroatoms. The van der Waals surface area contributed by atoms with E-state index in [2.05, 4.69) is 31.5 Å². The van der Waals surface area contributed by atoms with E-state index in [-0.39, 0.29) is 11.0 Å². The van der Waals surface area contributed by atoms with Gasteiger partial charge in [-0.05, 0) is 103 Å². The molecule has 0 atom stereocenters. The summed E-state index contributed by atoms with van der Waals surface area (Å²) < 4.78 is 17.5. The van der Waals surface area contributed by atoms with Gasteiger partial charge in [0.25, 0.3) is 5.91 Å². The van der Waals surface area contributed by atoms with E-state index < -0.39 is 0 Å². The van der Waals surface area contributed by atoms with Crippen LogP contribution in [0.2, 0.25) is 0 Å². The van der Waals surface area contributed by atoms with E-state index in [0.29, 0.717) is 51.7 Å². The van der Waals surface area contributed by atoms with Crippen LogP contribution in [-0.2, 0) is 0 Å². The lowest BCUT2D eigenvalue weighted by atomic mass is 10.2. The molecule has 34 heavy (non-hydrogen) atoms. The van der Waals surface area contributed by atoms with E-state index in [1.165, 1.54) is 0 Å². The Kier molecular flexibility index (Phi) is 7.44. The molecule has 0 fully saturated rings. The van der Waals surface area contributed by atoms with Crippen LogP contribution in [0.15, 0.2) is 69.6 Å². The van der Waals surface area contributed by atoms with E-state index in [1.807, 2.05) is 44.2 Å². The van der Waals surface area contributed by atoms with Crippen LogP contribution in [0.5, 0.6) is 11.5 Å². The zero-order valence-corrected chi connectivity index (χ0v) is 21.0. The molecule has 0 aliphatic carbocycles. The van der Waals surface area contributed by atoms with E-state index >= 15 is 0 Å². The molecule has 3 aromatic carbocycles. The van der Waals surface area contributed by atoms with Gasteiger partial charge in [-0.2, -0.15) is 0 Å². The summed E-state index contributed by atoms with van der Waals surface area (Å²) >= 11 is 8.73. The number of rotatable bonds is 7. The molecule has 1 aromatic heterocycles. The van der Waals surface area contributed by atoms with Crippen molar-refractivity contribution in [3.63, 3.8) is 0 Å². The maximum absolute atomic E-state index is 12.6. The van der Waals surface area contributed by atoms with Gasteiger partial charge in [0.2, 0.25) is 5.89 Å². The van der Waals surface area contributed by atoms with Crippen LogP contribution < -0.4 is 20.1 Å². The second-order valence-electron chi connectivity index (χ2n) is 7.15. The summed E-state index contributed by atoms with van der Waals surface area (Å²) in [6, 6.07) is 18.1. The SMILES string of the molecule is CCOc1ccc(-c2nc3cc(NC(=S)NC(=O)c4ccc(OCC)c(Br)c4)ccc3o2)cc1. The number of nitrogens with zero attached hydrogens (tertiary/aromatic N) is 1. The number of hydrogen-bond acceptors (Lipinski definition) is 6. The van der Waals surface area contributed by atoms with Crippen LogP contribution in [0.3, 0.4) is 0 Å². The Morgan fingerprint density at radius 3 is 2.50 bits per heavy atom. The maximum Gasteiger partial charge on any atom is 0.257 e. The predicted molar refractivity (Wildman–Crippen MR) is 140 cm³/mol. The van der Waals surface area contributed by atoms with Crippen molar-refractivity contribution in [1.29, 1.82) is 0 Å². The largest absolute Gasteiger partial charge is 0.494 e. The lowest BCUT2D eigenvalue weighted by Crippen LogP contribution is -2.34. The minimum Gasteiger partial charge on any atom is -0.494 e. The summed E-state index contributed by atoms with van der Waals surface area (Å²) in [6.07, 6.45) is 0. The number of halogens is 1. The van der Waals surface area contributed by atoms with Crippen molar-refractivity contribution in [2.24, 2.45) is 0 Å². The first-order valence-corrected chi connectivity index (χ1v) is 11.9. The summed E-state index contributed by atoms with van der Waals surface area (Å²) in [5, 5.41) is 5.87. The monoisotopic (exact) mass is 539 g/mol. The summed E-state index contributed by atoms with van der Waals surface area (Å²) in [5.74, 6) is 1.64. The number of anilines is 1. The Labute approximate surface area is 210 Å². The molecule has 0 aliphatic heterocycles. The van der Waals surface area contributed by atoms with Gasteiger partial charge in [-0.25, -0.2) is 4.98 Å². The molecule has 4 rings (SSSR count). The third kappa shape index (κ3) is 5.55. The summed E-state index contributed by atoms with van der Waals surface area (Å²) in [6.45, 7) is 4.98. The Balaban J connectivity index is 1.43. The number of oxazole rings is 1. The van der Waals surface area contributed by atoms with Gasteiger partial charge in [-0.1, -0.05) is 0 Å². The molecule has 7 nitrogen and oxygen atoms in total. The number of amides is 1. The zero-order chi connectivity index (χ0) is 24.1. The van der Waals surface area contributed by atoms with Crippen molar-refractivity contribution in [2.45, 2.75) is 13.8 Å². The lowest BCUT2D eigenvalue weighted by molar-refractivity contribution is 0.0977. The normalized spacial score (nSPS) is 10.7. The molecule has 2 N–H and O–H groups in total. The van der Waals surface area contributed by atoms with Crippen LogP contribution in [0.25, 0.3) is 22.6 Å². The third-order valence-electron chi connectivity index (χ3n) is 4.78. The fourth-order valence-corrected chi connectivity index (χ4v) is 3.95. The molecular weight excluding hydrogens is 518 g/mol. The minimum absolute atomic E-state index is 0.171. The summed E-state index contributed by atoms with van der Waals surface area (Å²) in [7, 11) is 0. The van der Waals surface area contributed by atoms with Crippen molar-refractivity contribution < 1.29 is 18.7 Å². The number of ether oxygens (including phenoxy) is 2. The van der Waals surface area contributed by atoms with Gasteiger partial charge in [0.1, 0.15) is 17.0 Å². The molecule has 4 aromatic rings.